The van der Waals surface area contributed by atoms with Crippen molar-refractivity contribution < 1.29 is 14.6 Å². The minimum absolute atomic E-state index is 0.258. The van der Waals surface area contributed by atoms with Crippen LogP contribution in [0.15, 0.2) is 4.79 Å². The first kappa shape index (κ1) is 10.6. The minimum Gasteiger partial charge on any atom is -0.502 e. The second-order valence-electron chi connectivity index (χ2n) is 2.61. The number of thiophene rings is 1. The molecule has 0 fully saturated rings. The molecule has 15 heavy (non-hydrogen) atoms. The number of esters is 1. The molecule has 7 heteroatoms. The van der Waals surface area contributed by atoms with Crippen LogP contribution in [0.2, 0.25) is 0 Å². The van der Waals surface area contributed by atoms with Gasteiger partial charge < -0.3 is 9.84 Å². The second kappa shape index (κ2) is 3.92. The van der Waals surface area contributed by atoms with E-state index in [-0.39, 0.29) is 5.75 Å². The molecule has 2 heterocycles. The van der Waals surface area contributed by atoms with Gasteiger partial charge in [-0.2, -0.15) is 0 Å². The Bertz CT molecular complexity index is 521. The molecule has 0 spiro atoms. The molecule has 80 valence electrons. The maximum absolute atomic E-state index is 11.5. The molecule has 0 atom stereocenters. The van der Waals surface area contributed by atoms with Crippen LogP contribution < -0.4 is 4.74 Å². The average Bonchev–Trinajstić information content (AvgIpc) is 2.70. The van der Waals surface area contributed by atoms with E-state index in [4.69, 9.17) is 4.74 Å². The fourth-order valence-electron chi connectivity index (χ4n) is 1.06. The number of hydrogen-bond acceptors (Lipinski definition) is 7. The predicted molar refractivity (Wildman–Crippen MR) is 60.6 cm³/mol. The summed E-state index contributed by atoms with van der Waals surface area (Å²) in [5.74, 6) is -0.693. The van der Waals surface area contributed by atoms with Crippen molar-refractivity contribution in [3.8, 4) is 15.5 Å². The quantitative estimate of drug-likeness (QED) is 0.666. The van der Waals surface area contributed by atoms with Crippen LogP contribution in [0.1, 0.15) is 16.6 Å². The van der Waals surface area contributed by atoms with Gasteiger partial charge in [-0.3, -0.25) is 4.79 Å². The third-order valence-corrected chi connectivity index (χ3v) is 5.37. The SMILES string of the molecule is CCOC(=O)c1ssc2c(O)c(=O)sc1-2. The Morgan fingerprint density at radius 2 is 2.13 bits per heavy atom. The van der Waals surface area contributed by atoms with Gasteiger partial charge in [0.05, 0.1) is 11.5 Å². The van der Waals surface area contributed by atoms with Crippen molar-refractivity contribution in [2.45, 2.75) is 6.92 Å². The van der Waals surface area contributed by atoms with Crippen molar-refractivity contribution in [3.63, 3.8) is 0 Å². The Morgan fingerprint density at radius 3 is 2.80 bits per heavy atom. The smallest absolute Gasteiger partial charge is 0.350 e. The Morgan fingerprint density at radius 1 is 1.40 bits per heavy atom. The molecule has 0 unspecified atom stereocenters. The topological polar surface area (TPSA) is 63.6 Å². The number of carbonyl (C=O) groups is 1. The van der Waals surface area contributed by atoms with E-state index >= 15 is 0 Å². The number of ether oxygens (including phenoxy) is 1. The molecule has 0 saturated heterocycles. The Hall–Kier alpha value is -0.920. The lowest BCUT2D eigenvalue weighted by Gasteiger charge is -1.97. The van der Waals surface area contributed by atoms with Crippen LogP contribution in [0, 0.1) is 0 Å². The number of hydrogen-bond donors (Lipinski definition) is 1. The van der Waals surface area contributed by atoms with E-state index in [2.05, 4.69) is 0 Å². The highest BCUT2D eigenvalue weighted by Gasteiger charge is 2.26. The Labute approximate surface area is 96.1 Å². The van der Waals surface area contributed by atoms with E-state index in [1.807, 2.05) is 0 Å². The van der Waals surface area contributed by atoms with Gasteiger partial charge in [-0.1, -0.05) is 32.0 Å². The minimum atomic E-state index is -0.435. The maximum atomic E-state index is 11.5. The summed E-state index contributed by atoms with van der Waals surface area (Å²) in [5.41, 5.74) is 0. The summed E-state index contributed by atoms with van der Waals surface area (Å²) < 4.78 is 4.44. The van der Waals surface area contributed by atoms with Gasteiger partial charge in [-0.05, 0) is 6.92 Å². The largest absolute Gasteiger partial charge is 0.502 e. The Kier molecular flexibility index (Phi) is 2.76. The first-order valence-electron chi connectivity index (χ1n) is 4.06. The summed E-state index contributed by atoms with van der Waals surface area (Å²) in [4.78, 5) is 24.0. The molecule has 2 rings (SSSR count). The van der Waals surface area contributed by atoms with Gasteiger partial charge in [0.1, 0.15) is 9.75 Å². The highest BCUT2D eigenvalue weighted by Crippen LogP contribution is 2.45. The van der Waals surface area contributed by atoms with E-state index in [1.165, 1.54) is 20.7 Å². The zero-order valence-electron chi connectivity index (χ0n) is 7.60. The summed E-state index contributed by atoms with van der Waals surface area (Å²) in [5, 5.41) is 9.39. The van der Waals surface area contributed by atoms with E-state index in [9.17, 15) is 14.7 Å². The molecule has 2 aliphatic heterocycles. The molecule has 0 aromatic carbocycles. The molecule has 0 saturated carbocycles. The molecule has 0 amide bonds. The third-order valence-electron chi connectivity index (χ3n) is 1.68. The highest BCUT2D eigenvalue weighted by atomic mass is 32.9. The zero-order valence-corrected chi connectivity index (χ0v) is 10.1. The van der Waals surface area contributed by atoms with E-state index in [0.29, 0.717) is 21.2 Å². The van der Waals surface area contributed by atoms with Crippen LogP contribution in [0.25, 0.3) is 9.75 Å². The first-order chi connectivity index (χ1) is 7.15. The molecular weight excluding hydrogens is 256 g/mol. The molecular formula is C8H6O4S3. The van der Waals surface area contributed by atoms with Crippen molar-refractivity contribution in [2.75, 3.05) is 6.61 Å². The lowest BCUT2D eigenvalue weighted by atomic mass is 10.3. The van der Waals surface area contributed by atoms with Crippen LogP contribution in [0.5, 0.6) is 5.75 Å². The van der Waals surface area contributed by atoms with Crippen LogP contribution in [0.3, 0.4) is 0 Å². The molecule has 0 aliphatic carbocycles. The van der Waals surface area contributed by atoms with E-state index in [0.717, 1.165) is 11.3 Å². The fourth-order valence-corrected chi connectivity index (χ4v) is 5.02. The number of aromatic hydroxyl groups is 1. The summed E-state index contributed by atoms with van der Waals surface area (Å²) >= 11 is 0.881. The second-order valence-corrected chi connectivity index (χ2v) is 5.75. The van der Waals surface area contributed by atoms with Crippen LogP contribution >= 0.6 is 32.0 Å². The van der Waals surface area contributed by atoms with Crippen molar-refractivity contribution in [1.82, 2.24) is 0 Å². The van der Waals surface area contributed by atoms with Gasteiger partial charge in [-0.25, -0.2) is 4.79 Å². The third kappa shape index (κ3) is 1.66. The number of fused-ring (bicyclic) bond motifs is 1. The fraction of sp³-hybridized carbons (Fsp3) is 0.250. The first-order valence-corrected chi connectivity index (χ1v) is 7.03. The Balaban J connectivity index is 2.49. The number of carbonyl (C=O) groups excluding carboxylic acids is 1. The molecule has 4 nitrogen and oxygen atoms in total. The lowest BCUT2D eigenvalue weighted by Crippen LogP contribution is -2.02. The molecule has 0 aromatic rings. The van der Waals surface area contributed by atoms with Crippen molar-refractivity contribution >= 4 is 38.0 Å². The zero-order chi connectivity index (χ0) is 11.0. The average molecular weight is 262 g/mol. The van der Waals surface area contributed by atoms with Crippen molar-refractivity contribution in [3.05, 3.63) is 14.4 Å². The summed E-state index contributed by atoms with van der Waals surface area (Å²) in [7, 11) is 2.44. The van der Waals surface area contributed by atoms with Gasteiger partial charge in [0.15, 0.2) is 5.75 Å². The normalized spacial score (nSPS) is 10.7. The van der Waals surface area contributed by atoms with Gasteiger partial charge in [0, 0.05) is 0 Å². The van der Waals surface area contributed by atoms with E-state index < -0.39 is 10.7 Å². The van der Waals surface area contributed by atoms with Gasteiger partial charge in [-0.15, -0.1) is 0 Å². The standard InChI is InChI=1S/C8H6O4S3/c1-2-12-7(10)6-5-4(14-15-6)3(9)8(11)13-5/h9H,2H2,1H3. The molecule has 0 aromatic heterocycles. The van der Waals surface area contributed by atoms with Gasteiger partial charge in [0.2, 0.25) is 0 Å². The van der Waals surface area contributed by atoms with Crippen LogP contribution in [-0.2, 0) is 4.74 Å². The summed E-state index contributed by atoms with van der Waals surface area (Å²) in [6.07, 6.45) is 0. The molecule has 0 radical (unpaired) electrons. The van der Waals surface area contributed by atoms with Crippen LogP contribution in [0.4, 0.5) is 0 Å². The van der Waals surface area contributed by atoms with E-state index in [1.54, 1.807) is 6.92 Å². The highest BCUT2D eigenvalue weighted by molar-refractivity contribution is 7.72. The summed E-state index contributed by atoms with van der Waals surface area (Å²) in [6.45, 7) is 2.02. The van der Waals surface area contributed by atoms with Gasteiger partial charge in [0.25, 0.3) is 4.74 Å². The molecule has 2 aliphatic rings. The van der Waals surface area contributed by atoms with Crippen molar-refractivity contribution in [2.24, 2.45) is 0 Å². The predicted octanol–water partition coefficient (Wildman–Crippen LogP) is 2.22. The van der Waals surface area contributed by atoms with Crippen molar-refractivity contribution in [1.29, 1.82) is 0 Å². The van der Waals surface area contributed by atoms with Gasteiger partial charge >= 0.3 is 5.97 Å². The monoisotopic (exact) mass is 262 g/mol. The van der Waals surface area contributed by atoms with Crippen LogP contribution in [-0.4, -0.2) is 17.7 Å². The lowest BCUT2D eigenvalue weighted by molar-refractivity contribution is 0.0533. The maximum Gasteiger partial charge on any atom is 0.350 e. The molecule has 1 N–H and O–H groups in total. The molecule has 0 bridgehead atoms. The number of rotatable bonds is 2. The summed E-state index contributed by atoms with van der Waals surface area (Å²) in [6, 6.07) is 0.